The second kappa shape index (κ2) is 7.32. The predicted octanol–water partition coefficient (Wildman–Crippen LogP) is 2.79. The van der Waals surface area contributed by atoms with E-state index in [0.717, 1.165) is 42.9 Å². The van der Waals surface area contributed by atoms with Crippen LogP contribution in [0.25, 0.3) is 0 Å². The third kappa shape index (κ3) is 3.45. The molecule has 0 bridgehead atoms. The lowest BCUT2D eigenvalue weighted by molar-refractivity contribution is 0.0887. The Hall–Kier alpha value is -1.91. The van der Waals surface area contributed by atoms with Crippen LogP contribution in [-0.4, -0.2) is 46.1 Å². The van der Waals surface area contributed by atoms with E-state index in [2.05, 4.69) is 28.5 Å². The lowest BCUT2D eigenvalue weighted by Crippen LogP contribution is -2.36. The average Bonchev–Trinajstić information content (AvgIpc) is 3.15. The number of aromatic nitrogens is 1. The highest BCUT2D eigenvalue weighted by Gasteiger charge is 2.27. The van der Waals surface area contributed by atoms with Gasteiger partial charge in [0.05, 0.1) is 13.2 Å². The van der Waals surface area contributed by atoms with Crippen molar-refractivity contribution < 1.29 is 9.90 Å². The Balaban J connectivity index is 1.77. The standard InChI is InChI=1S/C20H26N2O2/c1-15-11-19(20(24)13-21-10-6-9-18(21)14-23)16(2)22(15)12-17-7-4-3-5-8-17/h3-5,7-8,11,18,23H,6,9-10,12-14H2,1-2H3. The second-order valence-electron chi connectivity index (χ2n) is 6.73. The highest BCUT2D eigenvalue weighted by Crippen LogP contribution is 2.21. The van der Waals surface area contributed by atoms with Crippen molar-refractivity contribution in [2.45, 2.75) is 39.3 Å². The Bertz CT molecular complexity index is 706. The van der Waals surface area contributed by atoms with Crippen LogP contribution in [0.2, 0.25) is 0 Å². The lowest BCUT2D eigenvalue weighted by atomic mass is 10.1. The van der Waals surface area contributed by atoms with Gasteiger partial charge < -0.3 is 9.67 Å². The molecule has 4 nitrogen and oxygen atoms in total. The lowest BCUT2D eigenvalue weighted by Gasteiger charge is -2.21. The van der Waals surface area contributed by atoms with E-state index in [9.17, 15) is 9.90 Å². The third-order valence-electron chi connectivity index (χ3n) is 5.11. The van der Waals surface area contributed by atoms with Crippen molar-refractivity contribution in [1.29, 1.82) is 0 Å². The van der Waals surface area contributed by atoms with Crippen molar-refractivity contribution in [3.63, 3.8) is 0 Å². The number of carbonyl (C=O) groups excluding carboxylic acids is 1. The molecule has 1 unspecified atom stereocenters. The molecule has 3 rings (SSSR count). The van der Waals surface area contributed by atoms with Gasteiger partial charge in [0.15, 0.2) is 5.78 Å². The number of hydrogen-bond acceptors (Lipinski definition) is 3. The molecular weight excluding hydrogens is 300 g/mol. The van der Waals surface area contributed by atoms with Crippen molar-refractivity contribution >= 4 is 5.78 Å². The van der Waals surface area contributed by atoms with E-state index >= 15 is 0 Å². The van der Waals surface area contributed by atoms with Gasteiger partial charge in [0.25, 0.3) is 0 Å². The number of benzene rings is 1. The number of hydrogen-bond donors (Lipinski definition) is 1. The number of aliphatic hydroxyl groups excluding tert-OH is 1. The van der Waals surface area contributed by atoms with Gasteiger partial charge in [0.2, 0.25) is 0 Å². The Morgan fingerprint density at radius 2 is 2.00 bits per heavy atom. The van der Waals surface area contributed by atoms with Crippen LogP contribution in [0.3, 0.4) is 0 Å². The Morgan fingerprint density at radius 1 is 1.25 bits per heavy atom. The molecule has 1 saturated heterocycles. The summed E-state index contributed by atoms with van der Waals surface area (Å²) >= 11 is 0. The molecule has 0 radical (unpaired) electrons. The maximum atomic E-state index is 12.8. The van der Waals surface area contributed by atoms with Crippen LogP contribution < -0.4 is 0 Å². The molecule has 4 heteroatoms. The second-order valence-corrected chi connectivity index (χ2v) is 6.73. The first-order valence-corrected chi connectivity index (χ1v) is 8.69. The van der Waals surface area contributed by atoms with Gasteiger partial charge in [0.1, 0.15) is 0 Å². The van der Waals surface area contributed by atoms with E-state index in [-0.39, 0.29) is 18.4 Å². The SMILES string of the molecule is Cc1cc(C(=O)CN2CCCC2CO)c(C)n1Cc1ccccc1. The van der Waals surface area contributed by atoms with Gasteiger partial charge >= 0.3 is 0 Å². The van der Waals surface area contributed by atoms with Crippen molar-refractivity contribution in [2.75, 3.05) is 19.7 Å². The number of aliphatic hydroxyl groups is 1. The molecule has 1 fully saturated rings. The van der Waals surface area contributed by atoms with Crippen molar-refractivity contribution in [2.24, 2.45) is 0 Å². The van der Waals surface area contributed by atoms with E-state index in [4.69, 9.17) is 0 Å². The summed E-state index contributed by atoms with van der Waals surface area (Å²) in [7, 11) is 0. The Kier molecular flexibility index (Phi) is 5.17. The fourth-order valence-corrected chi connectivity index (χ4v) is 3.67. The summed E-state index contributed by atoms with van der Waals surface area (Å²) in [4.78, 5) is 14.9. The van der Waals surface area contributed by atoms with E-state index in [1.807, 2.05) is 31.2 Å². The van der Waals surface area contributed by atoms with Gasteiger partial charge in [-0.2, -0.15) is 0 Å². The number of ketones is 1. The molecule has 0 spiro atoms. The molecule has 1 aliphatic rings. The summed E-state index contributed by atoms with van der Waals surface area (Å²) in [5.74, 6) is 0.155. The minimum Gasteiger partial charge on any atom is -0.395 e. The molecule has 0 amide bonds. The van der Waals surface area contributed by atoms with E-state index < -0.39 is 0 Å². The van der Waals surface area contributed by atoms with Crippen LogP contribution in [0.1, 0.15) is 40.2 Å². The van der Waals surface area contributed by atoms with Gasteiger partial charge in [-0.15, -0.1) is 0 Å². The molecule has 0 saturated carbocycles. The zero-order valence-corrected chi connectivity index (χ0v) is 14.5. The molecule has 0 aliphatic carbocycles. The van der Waals surface area contributed by atoms with Crippen molar-refractivity contribution in [3.05, 3.63) is 58.9 Å². The zero-order valence-electron chi connectivity index (χ0n) is 14.5. The minimum atomic E-state index is 0.139. The predicted molar refractivity (Wildman–Crippen MR) is 95.5 cm³/mol. The van der Waals surface area contributed by atoms with Gasteiger partial charge in [-0.25, -0.2) is 0 Å². The van der Waals surface area contributed by atoms with Crippen LogP contribution >= 0.6 is 0 Å². The zero-order chi connectivity index (χ0) is 17.1. The van der Waals surface area contributed by atoms with Gasteiger partial charge in [-0.3, -0.25) is 9.69 Å². The molecule has 1 aromatic heterocycles. The minimum absolute atomic E-state index is 0.139. The van der Waals surface area contributed by atoms with Gasteiger partial charge in [0, 0.05) is 29.5 Å². The van der Waals surface area contributed by atoms with Crippen LogP contribution in [-0.2, 0) is 6.54 Å². The fraction of sp³-hybridized carbons (Fsp3) is 0.450. The quantitative estimate of drug-likeness (QED) is 0.830. The maximum Gasteiger partial charge on any atom is 0.178 e. The summed E-state index contributed by atoms with van der Waals surface area (Å²) in [6.45, 7) is 6.31. The normalized spacial score (nSPS) is 18.2. The summed E-state index contributed by atoms with van der Waals surface area (Å²) in [5.41, 5.74) is 4.19. The third-order valence-corrected chi connectivity index (χ3v) is 5.11. The van der Waals surface area contributed by atoms with Gasteiger partial charge in [-0.05, 0) is 44.9 Å². The molecule has 2 aromatic rings. The Labute approximate surface area is 143 Å². The van der Waals surface area contributed by atoms with Gasteiger partial charge in [-0.1, -0.05) is 30.3 Å². The number of likely N-dealkylation sites (tertiary alicyclic amines) is 1. The van der Waals surface area contributed by atoms with E-state index in [0.29, 0.717) is 6.54 Å². The monoisotopic (exact) mass is 326 g/mol. The first-order valence-electron chi connectivity index (χ1n) is 8.69. The van der Waals surface area contributed by atoms with Crippen LogP contribution in [0.4, 0.5) is 0 Å². The highest BCUT2D eigenvalue weighted by atomic mass is 16.3. The molecule has 24 heavy (non-hydrogen) atoms. The summed E-state index contributed by atoms with van der Waals surface area (Å²) in [6.07, 6.45) is 2.04. The average molecular weight is 326 g/mol. The van der Waals surface area contributed by atoms with E-state index in [1.54, 1.807) is 0 Å². The van der Waals surface area contributed by atoms with Crippen LogP contribution in [0.5, 0.6) is 0 Å². The highest BCUT2D eigenvalue weighted by molar-refractivity contribution is 5.99. The maximum absolute atomic E-state index is 12.8. The van der Waals surface area contributed by atoms with Crippen LogP contribution in [0.15, 0.2) is 36.4 Å². The topological polar surface area (TPSA) is 45.5 Å². The smallest absolute Gasteiger partial charge is 0.178 e. The first kappa shape index (κ1) is 16.9. The van der Waals surface area contributed by atoms with Crippen LogP contribution in [0, 0.1) is 13.8 Å². The van der Waals surface area contributed by atoms with Crippen molar-refractivity contribution in [1.82, 2.24) is 9.47 Å². The number of carbonyl (C=O) groups is 1. The largest absolute Gasteiger partial charge is 0.395 e. The molecule has 1 aliphatic heterocycles. The summed E-state index contributed by atoms with van der Waals surface area (Å²) in [6, 6.07) is 12.5. The molecule has 2 heterocycles. The van der Waals surface area contributed by atoms with Crippen molar-refractivity contribution in [3.8, 4) is 0 Å². The first-order chi connectivity index (χ1) is 11.6. The Morgan fingerprint density at radius 3 is 2.71 bits per heavy atom. The number of rotatable bonds is 6. The number of nitrogens with zero attached hydrogens (tertiary/aromatic N) is 2. The van der Waals surface area contributed by atoms with E-state index in [1.165, 1.54) is 5.56 Å². The molecule has 128 valence electrons. The summed E-state index contributed by atoms with van der Waals surface area (Å²) in [5, 5.41) is 9.43. The fourth-order valence-electron chi connectivity index (χ4n) is 3.67. The summed E-state index contributed by atoms with van der Waals surface area (Å²) < 4.78 is 2.20. The molecule has 1 N–H and O–H groups in total. The molecular formula is C20H26N2O2. The number of aryl methyl sites for hydroxylation is 1. The molecule has 1 aromatic carbocycles. The molecule has 1 atom stereocenters. The number of Topliss-reactive ketones (excluding diaryl/α,β-unsaturated/α-hetero) is 1.